The molecule has 4 bridgehead atoms. The van der Waals surface area contributed by atoms with E-state index in [9.17, 15) is 19.5 Å². The molecule has 0 amide bonds. The van der Waals surface area contributed by atoms with E-state index in [1.165, 1.54) is 20.8 Å². The van der Waals surface area contributed by atoms with E-state index in [2.05, 4.69) is 0 Å². The van der Waals surface area contributed by atoms with Gasteiger partial charge in [-0.25, -0.2) is 0 Å². The van der Waals surface area contributed by atoms with Crippen molar-refractivity contribution in [2.75, 3.05) is 0 Å². The van der Waals surface area contributed by atoms with Gasteiger partial charge < -0.3 is 28.8 Å². The number of aliphatic hydroxyl groups is 1. The van der Waals surface area contributed by atoms with Crippen LogP contribution in [0.5, 0.6) is 0 Å². The maximum absolute atomic E-state index is 12.4. The van der Waals surface area contributed by atoms with E-state index >= 15 is 0 Å². The molecule has 3 saturated heterocycles. The third-order valence-electron chi connectivity index (χ3n) is 8.91. The first-order chi connectivity index (χ1) is 16.1. The van der Waals surface area contributed by atoms with E-state index in [4.69, 9.17) is 23.7 Å². The number of rotatable bonds is 4. The van der Waals surface area contributed by atoms with Gasteiger partial charge in [0.2, 0.25) is 0 Å². The fraction of sp³-hybridized carbons (Fsp3) is 0.885. The minimum atomic E-state index is -1.32. The topological polar surface area (TPSA) is 118 Å². The van der Waals surface area contributed by atoms with Crippen molar-refractivity contribution in [3.8, 4) is 0 Å². The average molecular weight is 497 g/mol. The molecule has 0 aromatic rings. The smallest absolute Gasteiger partial charge is 0.303 e. The maximum Gasteiger partial charge on any atom is 0.303 e. The Hall–Kier alpha value is -1.71. The molecule has 3 heterocycles. The molecule has 4 aliphatic rings. The summed E-state index contributed by atoms with van der Waals surface area (Å²) >= 11 is 0. The molecule has 11 atom stereocenters. The van der Waals surface area contributed by atoms with Crippen molar-refractivity contribution >= 4 is 17.9 Å². The van der Waals surface area contributed by atoms with Crippen LogP contribution in [-0.2, 0) is 38.1 Å². The Morgan fingerprint density at radius 2 is 1.63 bits per heavy atom. The summed E-state index contributed by atoms with van der Waals surface area (Å²) in [7, 11) is 0. The normalized spacial score (nSPS) is 48.5. The van der Waals surface area contributed by atoms with Crippen molar-refractivity contribution < 1.29 is 43.2 Å². The predicted octanol–water partition coefficient (Wildman–Crippen LogP) is 2.75. The monoisotopic (exact) mass is 496 g/mol. The highest BCUT2D eigenvalue weighted by Gasteiger charge is 2.73. The standard InChI is InChI=1S/C26H40O9/c1-12(2)18-19-20(17-11-13(3)26(30)10-9-24(7,35-26)22(19)33-17)25(8,34-16(6)29)23(32-15(5)28)21(18)31-14(4)27/h12-13,17-23,30H,9-11H2,1-8H3. The van der Waals surface area contributed by atoms with Gasteiger partial charge in [0, 0.05) is 50.9 Å². The van der Waals surface area contributed by atoms with Crippen molar-refractivity contribution in [1.82, 2.24) is 0 Å². The van der Waals surface area contributed by atoms with Crippen LogP contribution in [-0.4, -0.2) is 64.4 Å². The molecule has 0 radical (unpaired) electrons. The number of carbonyl (C=O) groups excluding carboxylic acids is 3. The lowest BCUT2D eigenvalue weighted by Crippen LogP contribution is -2.69. The lowest BCUT2D eigenvalue weighted by Gasteiger charge is -2.55. The fourth-order valence-electron chi connectivity index (χ4n) is 7.65. The van der Waals surface area contributed by atoms with Crippen LogP contribution in [0.2, 0.25) is 0 Å². The van der Waals surface area contributed by atoms with Gasteiger partial charge in [0.15, 0.2) is 17.5 Å². The summed E-state index contributed by atoms with van der Waals surface area (Å²) in [5.41, 5.74) is -2.10. The summed E-state index contributed by atoms with van der Waals surface area (Å²) in [5.74, 6) is -3.95. The number of esters is 3. The van der Waals surface area contributed by atoms with Crippen molar-refractivity contribution in [2.45, 2.75) is 116 Å². The second-order valence-corrected chi connectivity index (χ2v) is 11.8. The average Bonchev–Trinajstić information content (AvgIpc) is 3.24. The summed E-state index contributed by atoms with van der Waals surface area (Å²) in [6, 6.07) is 0. The van der Waals surface area contributed by atoms with Crippen molar-refractivity contribution in [1.29, 1.82) is 0 Å². The van der Waals surface area contributed by atoms with Crippen LogP contribution in [0.4, 0.5) is 0 Å². The van der Waals surface area contributed by atoms with Crippen LogP contribution < -0.4 is 0 Å². The zero-order valence-electron chi connectivity index (χ0n) is 22.0. The molecule has 9 heteroatoms. The van der Waals surface area contributed by atoms with Crippen molar-refractivity contribution in [2.24, 2.45) is 29.6 Å². The first kappa shape index (κ1) is 26.4. The molecule has 1 aliphatic carbocycles. The molecule has 35 heavy (non-hydrogen) atoms. The van der Waals surface area contributed by atoms with Crippen LogP contribution in [0, 0.1) is 29.6 Å². The first-order valence-electron chi connectivity index (χ1n) is 12.7. The number of fused-ring (bicyclic) bond motifs is 8. The molecule has 0 spiro atoms. The zero-order valence-corrected chi connectivity index (χ0v) is 22.0. The van der Waals surface area contributed by atoms with Gasteiger partial charge in [-0.15, -0.1) is 0 Å². The van der Waals surface area contributed by atoms with Crippen LogP contribution in [0.25, 0.3) is 0 Å². The molecule has 1 saturated carbocycles. The summed E-state index contributed by atoms with van der Waals surface area (Å²) in [6.45, 7) is 13.7. The Morgan fingerprint density at radius 1 is 1.00 bits per heavy atom. The molecule has 4 fully saturated rings. The van der Waals surface area contributed by atoms with Gasteiger partial charge in [-0.1, -0.05) is 20.8 Å². The predicted molar refractivity (Wildman–Crippen MR) is 123 cm³/mol. The zero-order chi connectivity index (χ0) is 26.1. The van der Waals surface area contributed by atoms with E-state index in [-0.39, 0.29) is 35.7 Å². The quantitative estimate of drug-likeness (QED) is 0.463. The van der Waals surface area contributed by atoms with Crippen molar-refractivity contribution in [3.63, 3.8) is 0 Å². The summed E-state index contributed by atoms with van der Waals surface area (Å²) in [4.78, 5) is 37.0. The second-order valence-electron chi connectivity index (χ2n) is 11.8. The minimum Gasteiger partial charge on any atom is -0.458 e. The van der Waals surface area contributed by atoms with Gasteiger partial charge in [-0.2, -0.15) is 0 Å². The third-order valence-corrected chi connectivity index (χ3v) is 8.91. The van der Waals surface area contributed by atoms with E-state index < -0.39 is 53.2 Å². The first-order valence-corrected chi connectivity index (χ1v) is 12.7. The van der Waals surface area contributed by atoms with Gasteiger partial charge in [-0.3, -0.25) is 14.4 Å². The Balaban J connectivity index is 1.93. The van der Waals surface area contributed by atoms with Gasteiger partial charge >= 0.3 is 17.9 Å². The van der Waals surface area contributed by atoms with Crippen LogP contribution in [0.15, 0.2) is 0 Å². The third kappa shape index (κ3) is 4.17. The van der Waals surface area contributed by atoms with Crippen LogP contribution >= 0.6 is 0 Å². The van der Waals surface area contributed by atoms with E-state index in [1.54, 1.807) is 6.92 Å². The highest BCUT2D eigenvalue weighted by molar-refractivity contribution is 5.69. The van der Waals surface area contributed by atoms with E-state index in [0.29, 0.717) is 19.3 Å². The fourth-order valence-corrected chi connectivity index (χ4v) is 7.65. The van der Waals surface area contributed by atoms with Gasteiger partial charge in [-0.05, 0) is 32.6 Å². The molecule has 9 nitrogen and oxygen atoms in total. The molecule has 0 aromatic carbocycles. The Morgan fingerprint density at radius 3 is 2.17 bits per heavy atom. The lowest BCUT2D eigenvalue weighted by molar-refractivity contribution is -0.285. The number of hydrogen-bond donors (Lipinski definition) is 1. The molecule has 11 unspecified atom stereocenters. The lowest BCUT2D eigenvalue weighted by atomic mass is 9.55. The molecule has 3 aliphatic heterocycles. The molecule has 4 rings (SSSR count). The molecular formula is C26H40O9. The molecule has 0 aromatic heterocycles. The minimum absolute atomic E-state index is 0.0127. The van der Waals surface area contributed by atoms with Gasteiger partial charge in [0.1, 0.15) is 6.10 Å². The van der Waals surface area contributed by atoms with Crippen LogP contribution in [0.1, 0.15) is 74.7 Å². The number of hydrogen-bond acceptors (Lipinski definition) is 9. The summed E-state index contributed by atoms with van der Waals surface area (Å²) in [5, 5.41) is 11.3. The largest absolute Gasteiger partial charge is 0.458 e. The summed E-state index contributed by atoms with van der Waals surface area (Å²) in [6.07, 6.45) is -1.09. The molecule has 198 valence electrons. The van der Waals surface area contributed by atoms with Crippen LogP contribution in [0.3, 0.4) is 0 Å². The molecule has 1 N–H and O–H groups in total. The van der Waals surface area contributed by atoms with Crippen molar-refractivity contribution in [3.05, 3.63) is 0 Å². The Kier molecular flexibility index (Phi) is 6.55. The number of carbonyl (C=O) groups is 3. The maximum atomic E-state index is 12.4. The Bertz CT molecular complexity index is 888. The highest BCUT2D eigenvalue weighted by atomic mass is 16.7. The van der Waals surface area contributed by atoms with E-state index in [1.807, 2.05) is 27.7 Å². The van der Waals surface area contributed by atoms with Gasteiger partial charge in [0.25, 0.3) is 0 Å². The number of ether oxygens (including phenoxy) is 5. The Labute approximate surface area is 207 Å². The molecular weight excluding hydrogens is 456 g/mol. The van der Waals surface area contributed by atoms with E-state index in [0.717, 1.165) is 0 Å². The SMILES string of the molecule is CC(=O)OC1C(C(C)C)C2C3OC(CC(C)C4(O)CCC3(C)O4)C2C(C)(OC(C)=O)C1OC(C)=O. The van der Waals surface area contributed by atoms with Gasteiger partial charge in [0.05, 0.1) is 17.8 Å². The highest BCUT2D eigenvalue weighted by Crippen LogP contribution is 2.62. The summed E-state index contributed by atoms with van der Waals surface area (Å²) < 4.78 is 30.9. The second kappa shape index (κ2) is 8.70.